The number of rotatable bonds is 7. The van der Waals surface area contributed by atoms with Crippen LogP contribution in [0.25, 0.3) is 0 Å². The quantitative estimate of drug-likeness (QED) is 0.823. The van der Waals surface area contributed by atoms with E-state index in [-0.39, 0.29) is 0 Å². The SMILES string of the molecule is COc1cc(C)c(CN(C)CCCN)cc1C(C)C. The summed E-state index contributed by atoms with van der Waals surface area (Å²) in [6.07, 6.45) is 1.04. The predicted molar refractivity (Wildman–Crippen MR) is 81.8 cm³/mol. The average molecular weight is 264 g/mol. The normalized spacial score (nSPS) is 11.4. The number of methoxy groups -OCH3 is 1. The minimum Gasteiger partial charge on any atom is -0.496 e. The Hall–Kier alpha value is -1.06. The highest BCUT2D eigenvalue weighted by Crippen LogP contribution is 2.30. The van der Waals surface area contributed by atoms with Crippen LogP contribution in [0.1, 0.15) is 42.9 Å². The molecule has 0 saturated heterocycles. The van der Waals surface area contributed by atoms with Crippen molar-refractivity contribution in [3.63, 3.8) is 0 Å². The van der Waals surface area contributed by atoms with E-state index in [0.717, 1.165) is 31.8 Å². The molecule has 0 radical (unpaired) electrons. The molecule has 3 heteroatoms. The van der Waals surface area contributed by atoms with Crippen LogP contribution in [-0.4, -0.2) is 32.1 Å². The van der Waals surface area contributed by atoms with Crippen LogP contribution < -0.4 is 10.5 Å². The number of aryl methyl sites for hydroxylation is 1. The van der Waals surface area contributed by atoms with Gasteiger partial charge < -0.3 is 15.4 Å². The second-order valence-corrected chi connectivity index (χ2v) is 5.56. The third-order valence-corrected chi connectivity index (χ3v) is 3.49. The molecule has 0 heterocycles. The maximum absolute atomic E-state index is 5.56. The van der Waals surface area contributed by atoms with Gasteiger partial charge in [-0.25, -0.2) is 0 Å². The molecular formula is C16H28N2O. The Morgan fingerprint density at radius 3 is 2.53 bits per heavy atom. The van der Waals surface area contributed by atoms with Gasteiger partial charge in [-0.15, -0.1) is 0 Å². The summed E-state index contributed by atoms with van der Waals surface area (Å²) in [5, 5.41) is 0. The summed E-state index contributed by atoms with van der Waals surface area (Å²) in [7, 11) is 3.89. The minimum absolute atomic E-state index is 0.476. The Morgan fingerprint density at radius 2 is 2.00 bits per heavy atom. The van der Waals surface area contributed by atoms with Crippen LogP contribution in [0.2, 0.25) is 0 Å². The van der Waals surface area contributed by atoms with Gasteiger partial charge in [-0.1, -0.05) is 19.9 Å². The number of benzene rings is 1. The molecule has 0 aromatic heterocycles. The molecule has 1 aromatic carbocycles. The molecule has 108 valence electrons. The first kappa shape index (κ1) is 16.0. The molecule has 0 aliphatic heterocycles. The Morgan fingerprint density at radius 1 is 1.32 bits per heavy atom. The fourth-order valence-corrected chi connectivity index (χ4v) is 2.27. The van der Waals surface area contributed by atoms with Gasteiger partial charge in [0.25, 0.3) is 0 Å². The highest BCUT2D eigenvalue weighted by Gasteiger charge is 2.12. The molecular weight excluding hydrogens is 236 g/mol. The first-order valence-electron chi connectivity index (χ1n) is 7.05. The van der Waals surface area contributed by atoms with E-state index >= 15 is 0 Å². The Labute approximate surface area is 117 Å². The third-order valence-electron chi connectivity index (χ3n) is 3.49. The lowest BCUT2D eigenvalue weighted by atomic mass is 9.96. The molecule has 1 aromatic rings. The molecule has 0 unspecified atom stereocenters. The van der Waals surface area contributed by atoms with Crippen LogP contribution in [-0.2, 0) is 6.54 Å². The fraction of sp³-hybridized carbons (Fsp3) is 0.625. The largest absolute Gasteiger partial charge is 0.496 e. The summed E-state index contributed by atoms with van der Waals surface area (Å²) < 4.78 is 5.48. The van der Waals surface area contributed by atoms with E-state index in [1.165, 1.54) is 16.7 Å². The van der Waals surface area contributed by atoms with Crippen molar-refractivity contribution in [1.82, 2.24) is 4.90 Å². The number of ether oxygens (including phenoxy) is 1. The summed E-state index contributed by atoms with van der Waals surface area (Å²) in [5.41, 5.74) is 9.52. The van der Waals surface area contributed by atoms with Crippen LogP contribution in [0.15, 0.2) is 12.1 Å². The molecule has 0 atom stereocenters. The van der Waals surface area contributed by atoms with E-state index in [9.17, 15) is 0 Å². The van der Waals surface area contributed by atoms with Gasteiger partial charge in [-0.05, 0) is 62.2 Å². The maximum atomic E-state index is 5.56. The molecule has 2 N–H and O–H groups in total. The van der Waals surface area contributed by atoms with Crippen LogP contribution in [0.3, 0.4) is 0 Å². The third kappa shape index (κ3) is 4.51. The summed E-state index contributed by atoms with van der Waals surface area (Å²) in [6.45, 7) is 9.32. The van der Waals surface area contributed by atoms with E-state index in [1.807, 2.05) is 0 Å². The lowest BCUT2D eigenvalue weighted by Gasteiger charge is -2.20. The zero-order valence-electron chi connectivity index (χ0n) is 13.0. The van der Waals surface area contributed by atoms with Crippen molar-refractivity contribution in [2.45, 2.75) is 39.7 Å². The van der Waals surface area contributed by atoms with Gasteiger partial charge in [0, 0.05) is 6.54 Å². The summed E-state index contributed by atoms with van der Waals surface area (Å²) in [4.78, 5) is 2.33. The van der Waals surface area contributed by atoms with Gasteiger partial charge in [-0.2, -0.15) is 0 Å². The molecule has 1 rings (SSSR count). The molecule has 0 aliphatic carbocycles. The van der Waals surface area contributed by atoms with E-state index < -0.39 is 0 Å². The van der Waals surface area contributed by atoms with Gasteiger partial charge in [0.15, 0.2) is 0 Å². The predicted octanol–water partition coefficient (Wildman–Crippen LogP) is 2.91. The smallest absolute Gasteiger partial charge is 0.122 e. The van der Waals surface area contributed by atoms with E-state index in [1.54, 1.807) is 7.11 Å². The molecule has 0 spiro atoms. The van der Waals surface area contributed by atoms with Crippen molar-refractivity contribution >= 4 is 0 Å². The molecule has 3 nitrogen and oxygen atoms in total. The summed E-state index contributed by atoms with van der Waals surface area (Å²) >= 11 is 0. The van der Waals surface area contributed by atoms with E-state index in [2.05, 4.69) is 44.9 Å². The Bertz CT molecular complexity index is 402. The van der Waals surface area contributed by atoms with Gasteiger partial charge in [-0.3, -0.25) is 0 Å². The highest BCUT2D eigenvalue weighted by molar-refractivity contribution is 5.43. The zero-order valence-corrected chi connectivity index (χ0v) is 13.0. The Kier molecular flexibility index (Phi) is 6.32. The second kappa shape index (κ2) is 7.51. The lowest BCUT2D eigenvalue weighted by Crippen LogP contribution is -2.22. The van der Waals surface area contributed by atoms with Crippen molar-refractivity contribution < 1.29 is 4.74 Å². The van der Waals surface area contributed by atoms with Gasteiger partial charge in [0.05, 0.1) is 7.11 Å². The number of hydrogen-bond donors (Lipinski definition) is 1. The summed E-state index contributed by atoms with van der Waals surface area (Å²) in [5.74, 6) is 1.48. The summed E-state index contributed by atoms with van der Waals surface area (Å²) in [6, 6.07) is 4.44. The fourth-order valence-electron chi connectivity index (χ4n) is 2.27. The van der Waals surface area contributed by atoms with Gasteiger partial charge in [0.1, 0.15) is 5.75 Å². The van der Waals surface area contributed by atoms with Crippen molar-refractivity contribution in [3.05, 3.63) is 28.8 Å². The first-order chi connectivity index (χ1) is 8.99. The van der Waals surface area contributed by atoms with Crippen LogP contribution in [0.4, 0.5) is 0 Å². The Balaban J connectivity index is 2.91. The molecule has 19 heavy (non-hydrogen) atoms. The van der Waals surface area contributed by atoms with Crippen molar-refractivity contribution in [1.29, 1.82) is 0 Å². The zero-order chi connectivity index (χ0) is 14.4. The van der Waals surface area contributed by atoms with Crippen LogP contribution >= 0.6 is 0 Å². The molecule has 0 bridgehead atoms. The average Bonchev–Trinajstić information content (AvgIpc) is 2.37. The topological polar surface area (TPSA) is 38.5 Å². The van der Waals surface area contributed by atoms with E-state index in [0.29, 0.717) is 5.92 Å². The van der Waals surface area contributed by atoms with Crippen LogP contribution in [0, 0.1) is 6.92 Å². The standard InChI is InChI=1S/C16H28N2O/c1-12(2)15-10-14(11-18(4)8-6-7-17)13(3)9-16(15)19-5/h9-10,12H,6-8,11,17H2,1-5H3. The molecule has 0 saturated carbocycles. The monoisotopic (exact) mass is 264 g/mol. The van der Waals surface area contributed by atoms with Gasteiger partial charge >= 0.3 is 0 Å². The second-order valence-electron chi connectivity index (χ2n) is 5.56. The number of nitrogens with zero attached hydrogens (tertiary/aromatic N) is 1. The molecule has 0 fully saturated rings. The van der Waals surface area contributed by atoms with E-state index in [4.69, 9.17) is 10.5 Å². The maximum Gasteiger partial charge on any atom is 0.122 e. The van der Waals surface area contributed by atoms with Crippen molar-refractivity contribution in [2.75, 3.05) is 27.2 Å². The van der Waals surface area contributed by atoms with Gasteiger partial charge in [0.2, 0.25) is 0 Å². The minimum atomic E-state index is 0.476. The van der Waals surface area contributed by atoms with Crippen molar-refractivity contribution in [3.8, 4) is 5.75 Å². The first-order valence-corrected chi connectivity index (χ1v) is 7.05. The lowest BCUT2D eigenvalue weighted by molar-refractivity contribution is 0.323. The highest BCUT2D eigenvalue weighted by atomic mass is 16.5. The number of hydrogen-bond acceptors (Lipinski definition) is 3. The van der Waals surface area contributed by atoms with Crippen LogP contribution in [0.5, 0.6) is 5.75 Å². The number of nitrogens with two attached hydrogens (primary N) is 1. The van der Waals surface area contributed by atoms with Crippen molar-refractivity contribution in [2.24, 2.45) is 5.73 Å². The molecule has 0 amide bonds. The molecule has 0 aliphatic rings.